The van der Waals surface area contributed by atoms with Gasteiger partial charge in [-0.2, -0.15) is 5.26 Å². The van der Waals surface area contributed by atoms with Crippen LogP contribution in [0.5, 0.6) is 0 Å². The molecule has 0 aliphatic carbocycles. The fourth-order valence-corrected chi connectivity index (χ4v) is 1.52. The van der Waals surface area contributed by atoms with Gasteiger partial charge in [-0.15, -0.1) is 11.8 Å². The molecular weight excluding hydrogens is 197 g/mol. The first-order chi connectivity index (χ1) is 5.70. The van der Waals surface area contributed by atoms with E-state index < -0.39 is 5.82 Å². The lowest BCUT2D eigenvalue weighted by atomic mass is 10.2. The summed E-state index contributed by atoms with van der Waals surface area (Å²) < 4.78 is 13.1. The fraction of sp³-hybridized carbons (Fsp3) is 0.125. The van der Waals surface area contributed by atoms with Crippen LogP contribution < -0.4 is 0 Å². The van der Waals surface area contributed by atoms with Gasteiger partial charge in [0.1, 0.15) is 6.07 Å². The SMILES string of the molecule is CSc1ccc(C#N)c(Cl)c1F. The molecule has 1 rings (SSSR count). The largest absolute Gasteiger partial charge is 0.204 e. The zero-order valence-electron chi connectivity index (χ0n) is 6.27. The number of hydrogen-bond acceptors (Lipinski definition) is 2. The predicted octanol–water partition coefficient (Wildman–Crippen LogP) is 3.07. The Morgan fingerprint density at radius 3 is 2.75 bits per heavy atom. The normalized spacial score (nSPS) is 9.50. The Morgan fingerprint density at radius 1 is 1.58 bits per heavy atom. The molecule has 0 radical (unpaired) electrons. The Balaban J connectivity index is 3.32. The average molecular weight is 202 g/mol. The van der Waals surface area contributed by atoms with Crippen molar-refractivity contribution in [3.63, 3.8) is 0 Å². The van der Waals surface area contributed by atoms with Crippen LogP contribution in [0.15, 0.2) is 17.0 Å². The minimum Gasteiger partial charge on any atom is -0.204 e. The molecule has 0 aliphatic heterocycles. The van der Waals surface area contributed by atoms with Gasteiger partial charge in [-0.05, 0) is 18.4 Å². The number of rotatable bonds is 1. The fourth-order valence-electron chi connectivity index (χ4n) is 0.776. The van der Waals surface area contributed by atoms with Crippen molar-refractivity contribution in [1.82, 2.24) is 0 Å². The number of benzene rings is 1. The maximum atomic E-state index is 13.1. The number of halogens is 2. The van der Waals surface area contributed by atoms with Crippen LogP contribution in [0.25, 0.3) is 0 Å². The monoisotopic (exact) mass is 201 g/mol. The lowest BCUT2D eigenvalue weighted by Gasteiger charge is -2.01. The minimum absolute atomic E-state index is 0.0932. The average Bonchev–Trinajstić information content (AvgIpc) is 2.10. The summed E-state index contributed by atoms with van der Waals surface area (Å²) in [4.78, 5) is 0.457. The maximum Gasteiger partial charge on any atom is 0.156 e. The van der Waals surface area contributed by atoms with Crippen LogP contribution in [-0.2, 0) is 0 Å². The summed E-state index contributed by atoms with van der Waals surface area (Å²) in [5.74, 6) is -0.511. The highest BCUT2D eigenvalue weighted by molar-refractivity contribution is 7.98. The Bertz CT molecular complexity index is 346. The molecule has 12 heavy (non-hydrogen) atoms. The van der Waals surface area contributed by atoms with E-state index in [2.05, 4.69) is 0 Å². The molecule has 0 saturated heterocycles. The van der Waals surface area contributed by atoms with E-state index >= 15 is 0 Å². The highest BCUT2D eigenvalue weighted by Crippen LogP contribution is 2.27. The minimum atomic E-state index is -0.511. The van der Waals surface area contributed by atoms with E-state index in [0.29, 0.717) is 4.90 Å². The molecule has 0 bridgehead atoms. The molecule has 0 aliphatic rings. The highest BCUT2D eigenvalue weighted by Gasteiger charge is 2.09. The van der Waals surface area contributed by atoms with Gasteiger partial charge in [0.05, 0.1) is 10.6 Å². The smallest absolute Gasteiger partial charge is 0.156 e. The zero-order valence-corrected chi connectivity index (χ0v) is 7.84. The second kappa shape index (κ2) is 3.79. The van der Waals surface area contributed by atoms with Gasteiger partial charge in [-0.3, -0.25) is 0 Å². The molecule has 0 N–H and O–H groups in total. The Labute approximate surface area is 79.1 Å². The van der Waals surface area contributed by atoms with Crippen molar-refractivity contribution in [3.05, 3.63) is 28.5 Å². The van der Waals surface area contributed by atoms with Crippen molar-refractivity contribution in [2.24, 2.45) is 0 Å². The molecule has 0 unspecified atom stereocenters. The molecule has 0 amide bonds. The van der Waals surface area contributed by atoms with E-state index in [4.69, 9.17) is 16.9 Å². The van der Waals surface area contributed by atoms with E-state index in [0.717, 1.165) is 0 Å². The molecule has 1 nitrogen and oxygen atoms in total. The summed E-state index contributed by atoms with van der Waals surface area (Å²) in [6.07, 6.45) is 1.75. The summed E-state index contributed by atoms with van der Waals surface area (Å²) in [5.41, 5.74) is 0.173. The van der Waals surface area contributed by atoms with Crippen molar-refractivity contribution in [2.75, 3.05) is 6.26 Å². The van der Waals surface area contributed by atoms with Crippen LogP contribution in [0.1, 0.15) is 5.56 Å². The first-order valence-electron chi connectivity index (χ1n) is 3.12. The van der Waals surface area contributed by atoms with Crippen molar-refractivity contribution >= 4 is 23.4 Å². The van der Waals surface area contributed by atoms with Crippen molar-refractivity contribution in [2.45, 2.75) is 4.90 Å². The van der Waals surface area contributed by atoms with Gasteiger partial charge < -0.3 is 0 Å². The Kier molecular flexibility index (Phi) is 2.96. The number of nitrogens with zero attached hydrogens (tertiary/aromatic N) is 1. The standard InChI is InChI=1S/C8H5ClFNS/c1-12-6-3-2-5(4-11)7(9)8(6)10/h2-3H,1H3. The topological polar surface area (TPSA) is 23.8 Å². The molecule has 0 spiro atoms. The first-order valence-corrected chi connectivity index (χ1v) is 4.73. The van der Waals surface area contributed by atoms with Gasteiger partial charge >= 0.3 is 0 Å². The molecule has 0 atom stereocenters. The zero-order chi connectivity index (χ0) is 9.14. The van der Waals surface area contributed by atoms with Crippen LogP contribution in [0.4, 0.5) is 4.39 Å². The second-order valence-electron chi connectivity index (χ2n) is 2.06. The van der Waals surface area contributed by atoms with Crippen molar-refractivity contribution in [1.29, 1.82) is 5.26 Å². The Morgan fingerprint density at radius 2 is 2.25 bits per heavy atom. The molecular formula is C8H5ClFNS. The summed E-state index contributed by atoms with van der Waals surface area (Å²) >= 11 is 6.83. The molecule has 4 heteroatoms. The van der Waals surface area contributed by atoms with Crippen molar-refractivity contribution in [3.8, 4) is 6.07 Å². The van der Waals surface area contributed by atoms with Gasteiger partial charge in [0.25, 0.3) is 0 Å². The third kappa shape index (κ3) is 1.55. The van der Waals surface area contributed by atoms with Crippen LogP contribution in [0.3, 0.4) is 0 Å². The van der Waals surface area contributed by atoms with E-state index in [1.54, 1.807) is 18.4 Å². The molecule has 0 fully saturated rings. The van der Waals surface area contributed by atoms with Crippen molar-refractivity contribution < 1.29 is 4.39 Å². The number of nitriles is 1. The van der Waals surface area contributed by atoms with E-state index in [9.17, 15) is 4.39 Å². The second-order valence-corrected chi connectivity index (χ2v) is 3.28. The van der Waals surface area contributed by atoms with Gasteiger partial charge in [0.15, 0.2) is 5.82 Å². The number of hydrogen-bond donors (Lipinski definition) is 0. The summed E-state index contributed by atoms with van der Waals surface area (Å²) in [6, 6.07) is 4.86. The molecule has 0 heterocycles. The molecule has 0 aromatic heterocycles. The van der Waals surface area contributed by atoms with Crippen LogP contribution >= 0.6 is 23.4 Å². The van der Waals surface area contributed by atoms with Gasteiger partial charge in [-0.25, -0.2) is 4.39 Å². The third-order valence-corrected chi connectivity index (χ3v) is 2.51. The summed E-state index contributed by atoms with van der Waals surface area (Å²) in [6.45, 7) is 0. The summed E-state index contributed by atoms with van der Waals surface area (Å²) in [7, 11) is 0. The van der Waals surface area contributed by atoms with E-state index in [1.165, 1.54) is 17.8 Å². The predicted molar refractivity (Wildman–Crippen MR) is 47.9 cm³/mol. The molecule has 0 saturated carbocycles. The highest BCUT2D eigenvalue weighted by atomic mass is 35.5. The molecule has 62 valence electrons. The van der Waals surface area contributed by atoms with Gasteiger partial charge in [0, 0.05) is 4.90 Å². The third-order valence-electron chi connectivity index (χ3n) is 1.39. The summed E-state index contributed by atoms with van der Waals surface area (Å²) in [5, 5.41) is 8.41. The Hall–Kier alpha value is -0.720. The van der Waals surface area contributed by atoms with E-state index in [1.807, 2.05) is 0 Å². The lowest BCUT2D eigenvalue weighted by molar-refractivity contribution is 0.602. The van der Waals surface area contributed by atoms with Gasteiger partial charge in [0.2, 0.25) is 0 Å². The first kappa shape index (κ1) is 9.37. The molecule has 1 aromatic rings. The lowest BCUT2D eigenvalue weighted by Crippen LogP contribution is -1.86. The molecule has 1 aromatic carbocycles. The maximum absolute atomic E-state index is 13.1. The number of thioether (sulfide) groups is 1. The quantitative estimate of drug-likeness (QED) is 0.652. The van der Waals surface area contributed by atoms with Crippen LogP contribution in [-0.4, -0.2) is 6.26 Å². The van der Waals surface area contributed by atoms with Gasteiger partial charge in [-0.1, -0.05) is 11.6 Å². The van der Waals surface area contributed by atoms with Crippen LogP contribution in [0, 0.1) is 17.1 Å². The van der Waals surface area contributed by atoms with E-state index in [-0.39, 0.29) is 10.6 Å². The van der Waals surface area contributed by atoms with Crippen LogP contribution in [0.2, 0.25) is 5.02 Å².